The van der Waals surface area contributed by atoms with E-state index in [2.05, 4.69) is 15.6 Å². The average molecular weight is 528 g/mol. The lowest BCUT2D eigenvalue weighted by Crippen LogP contribution is -2.45. The number of aryl methyl sites for hydroxylation is 1. The highest BCUT2D eigenvalue weighted by Gasteiger charge is 2.27. The maximum atomic E-state index is 12.6. The van der Waals surface area contributed by atoms with Crippen molar-refractivity contribution in [3.8, 4) is 0 Å². The van der Waals surface area contributed by atoms with E-state index in [-0.39, 0.29) is 43.0 Å². The Kier molecular flexibility index (Phi) is 10.9. The van der Waals surface area contributed by atoms with E-state index in [1.54, 1.807) is 17.9 Å². The van der Waals surface area contributed by atoms with Gasteiger partial charge in [-0.15, -0.1) is 24.0 Å². The van der Waals surface area contributed by atoms with Crippen LogP contribution >= 0.6 is 24.0 Å². The highest BCUT2D eigenvalue weighted by Crippen LogP contribution is 2.21. The predicted octanol–water partition coefficient (Wildman–Crippen LogP) is 3.02. The maximum absolute atomic E-state index is 12.6. The molecule has 0 aliphatic rings. The van der Waals surface area contributed by atoms with E-state index in [9.17, 15) is 9.90 Å². The molecule has 0 aliphatic carbocycles. The molecular weight excluding hydrogens is 495 g/mol. The highest BCUT2D eigenvalue weighted by molar-refractivity contribution is 14.0. The van der Waals surface area contributed by atoms with Crippen molar-refractivity contribution in [1.82, 2.24) is 15.5 Å². The largest absolute Gasteiger partial charge is 0.463 e. The molecule has 7 nitrogen and oxygen atoms in total. The van der Waals surface area contributed by atoms with Crippen LogP contribution in [0.2, 0.25) is 0 Å². The molecule has 0 aliphatic heterocycles. The van der Waals surface area contributed by atoms with Crippen LogP contribution in [0.15, 0.2) is 51.9 Å². The Morgan fingerprint density at radius 1 is 1.17 bits per heavy atom. The normalized spacial score (nSPS) is 13.2. The molecule has 0 saturated carbocycles. The van der Waals surface area contributed by atoms with E-state index < -0.39 is 5.60 Å². The first-order valence-electron chi connectivity index (χ1n) is 9.99. The lowest BCUT2D eigenvalue weighted by molar-refractivity contribution is -0.130. The molecule has 1 atom stereocenters. The summed E-state index contributed by atoms with van der Waals surface area (Å²) in [5.41, 5.74) is -0.112. The van der Waals surface area contributed by atoms with Gasteiger partial charge in [-0.2, -0.15) is 0 Å². The Balaban J connectivity index is 0.00000450. The minimum absolute atomic E-state index is 0. The topological polar surface area (TPSA) is 90.1 Å². The van der Waals surface area contributed by atoms with Gasteiger partial charge >= 0.3 is 0 Å². The van der Waals surface area contributed by atoms with E-state index in [1.807, 2.05) is 57.2 Å². The van der Waals surface area contributed by atoms with Crippen LogP contribution in [-0.2, 0) is 16.9 Å². The zero-order chi connectivity index (χ0) is 21.3. The van der Waals surface area contributed by atoms with Gasteiger partial charge in [-0.1, -0.05) is 30.3 Å². The third-order valence-electron chi connectivity index (χ3n) is 4.54. The number of furan rings is 1. The number of nitrogens with zero attached hydrogens (tertiary/aromatic N) is 2. The summed E-state index contributed by atoms with van der Waals surface area (Å²) in [6.45, 7) is 9.44. The van der Waals surface area contributed by atoms with Crippen molar-refractivity contribution in [2.75, 3.05) is 26.2 Å². The first kappa shape index (κ1) is 26.0. The molecule has 0 fully saturated rings. The SMILES string of the molecule is CCNC(=NCC(=O)N(CC)Cc1ccccc1)NCC(C)(O)c1ccc(C)o1.I. The van der Waals surface area contributed by atoms with E-state index in [1.165, 1.54) is 0 Å². The van der Waals surface area contributed by atoms with Crippen LogP contribution in [0.25, 0.3) is 0 Å². The van der Waals surface area contributed by atoms with Gasteiger partial charge < -0.3 is 25.1 Å². The molecule has 166 valence electrons. The van der Waals surface area contributed by atoms with Gasteiger partial charge in [0.2, 0.25) is 5.91 Å². The molecule has 1 aromatic heterocycles. The summed E-state index contributed by atoms with van der Waals surface area (Å²) in [6, 6.07) is 13.5. The van der Waals surface area contributed by atoms with Crippen LogP contribution in [0.5, 0.6) is 0 Å². The Hall–Kier alpha value is -2.07. The number of nitrogens with one attached hydrogen (secondary N) is 2. The number of aliphatic hydroxyl groups is 1. The van der Waals surface area contributed by atoms with Gasteiger partial charge in [0.1, 0.15) is 23.7 Å². The molecule has 1 amide bonds. The third-order valence-corrected chi connectivity index (χ3v) is 4.54. The van der Waals surface area contributed by atoms with Crippen LogP contribution in [0.3, 0.4) is 0 Å². The first-order valence-corrected chi connectivity index (χ1v) is 9.99. The van der Waals surface area contributed by atoms with Crippen LogP contribution < -0.4 is 10.6 Å². The lowest BCUT2D eigenvalue weighted by atomic mass is 10.0. The minimum atomic E-state index is -1.20. The lowest BCUT2D eigenvalue weighted by Gasteiger charge is -2.23. The number of hydrogen-bond donors (Lipinski definition) is 3. The fourth-order valence-corrected chi connectivity index (χ4v) is 2.84. The predicted molar refractivity (Wildman–Crippen MR) is 130 cm³/mol. The van der Waals surface area contributed by atoms with E-state index in [0.717, 1.165) is 11.3 Å². The molecule has 30 heavy (non-hydrogen) atoms. The first-order chi connectivity index (χ1) is 13.9. The van der Waals surface area contributed by atoms with Crippen molar-refractivity contribution in [2.24, 2.45) is 4.99 Å². The molecule has 8 heteroatoms. The Morgan fingerprint density at radius 2 is 1.87 bits per heavy atom. The Morgan fingerprint density at radius 3 is 2.43 bits per heavy atom. The highest BCUT2D eigenvalue weighted by atomic mass is 127. The number of carbonyl (C=O) groups excluding carboxylic acids is 1. The van der Waals surface area contributed by atoms with Crippen molar-refractivity contribution in [1.29, 1.82) is 0 Å². The van der Waals surface area contributed by atoms with Gasteiger partial charge in [0.05, 0.1) is 6.54 Å². The maximum Gasteiger partial charge on any atom is 0.244 e. The van der Waals surface area contributed by atoms with Gasteiger partial charge in [-0.25, -0.2) is 4.99 Å². The van der Waals surface area contributed by atoms with Crippen molar-refractivity contribution in [3.63, 3.8) is 0 Å². The van der Waals surface area contributed by atoms with Gasteiger partial charge in [0, 0.05) is 19.6 Å². The van der Waals surface area contributed by atoms with Crippen molar-refractivity contribution >= 4 is 35.8 Å². The monoisotopic (exact) mass is 528 g/mol. The third kappa shape index (κ3) is 7.98. The fraction of sp³-hybridized carbons (Fsp3) is 0.455. The second kappa shape index (κ2) is 12.6. The summed E-state index contributed by atoms with van der Waals surface area (Å²) in [4.78, 5) is 18.8. The molecule has 0 radical (unpaired) electrons. The van der Waals surface area contributed by atoms with E-state index in [0.29, 0.717) is 31.4 Å². The van der Waals surface area contributed by atoms with Gasteiger partial charge in [0.15, 0.2) is 5.96 Å². The van der Waals surface area contributed by atoms with Gasteiger partial charge in [-0.05, 0) is 45.4 Å². The summed E-state index contributed by atoms with van der Waals surface area (Å²) < 4.78 is 5.53. The van der Waals surface area contributed by atoms with E-state index in [4.69, 9.17) is 4.42 Å². The zero-order valence-electron chi connectivity index (χ0n) is 18.1. The number of amides is 1. The van der Waals surface area contributed by atoms with Gasteiger partial charge in [0.25, 0.3) is 0 Å². The molecule has 1 unspecified atom stereocenters. The average Bonchev–Trinajstić information content (AvgIpc) is 3.16. The summed E-state index contributed by atoms with van der Waals surface area (Å²) in [5.74, 6) is 1.64. The van der Waals surface area contributed by atoms with Crippen LogP contribution in [0.4, 0.5) is 0 Å². The molecule has 2 rings (SSSR count). The van der Waals surface area contributed by atoms with Crippen molar-refractivity contribution < 1.29 is 14.3 Å². The molecule has 0 spiro atoms. The molecule has 3 N–H and O–H groups in total. The number of guanidine groups is 1. The molecular formula is C22H33IN4O3. The van der Waals surface area contributed by atoms with Crippen molar-refractivity contribution in [3.05, 3.63) is 59.5 Å². The number of aliphatic imine (C=N–C) groups is 1. The Bertz CT molecular complexity index is 806. The number of halogens is 1. The number of benzene rings is 1. The second-order valence-electron chi connectivity index (χ2n) is 7.13. The molecule has 2 aromatic rings. The summed E-state index contributed by atoms with van der Waals surface area (Å²) in [6.07, 6.45) is 0. The zero-order valence-corrected chi connectivity index (χ0v) is 20.5. The molecule has 1 aromatic carbocycles. The Labute approximate surface area is 196 Å². The van der Waals surface area contributed by atoms with Crippen LogP contribution in [0.1, 0.15) is 37.9 Å². The number of carbonyl (C=O) groups is 1. The quantitative estimate of drug-likeness (QED) is 0.265. The summed E-state index contributed by atoms with van der Waals surface area (Å²) in [7, 11) is 0. The van der Waals surface area contributed by atoms with Gasteiger partial charge in [-0.3, -0.25) is 4.79 Å². The number of likely N-dealkylation sites (N-methyl/N-ethyl adjacent to an activating group) is 1. The summed E-state index contributed by atoms with van der Waals surface area (Å²) in [5, 5.41) is 16.9. The minimum Gasteiger partial charge on any atom is -0.463 e. The second-order valence-corrected chi connectivity index (χ2v) is 7.13. The molecule has 0 saturated heterocycles. The fourth-order valence-electron chi connectivity index (χ4n) is 2.84. The van der Waals surface area contributed by atoms with E-state index >= 15 is 0 Å². The number of rotatable bonds is 9. The standard InChI is InChI=1S/C22H32N4O3.HI/c1-5-23-21(25-16-22(4,28)19-13-12-17(3)29-19)24-14-20(27)26(6-2)15-18-10-8-7-9-11-18;/h7-13,28H,5-6,14-16H2,1-4H3,(H2,23,24,25);1H. The van der Waals surface area contributed by atoms with Crippen molar-refractivity contribution in [2.45, 2.75) is 39.8 Å². The van der Waals surface area contributed by atoms with Crippen LogP contribution in [-0.4, -0.2) is 48.1 Å². The molecule has 0 bridgehead atoms. The van der Waals surface area contributed by atoms with Crippen LogP contribution in [0, 0.1) is 6.92 Å². The number of hydrogen-bond acceptors (Lipinski definition) is 4. The smallest absolute Gasteiger partial charge is 0.244 e. The molecule has 1 heterocycles. The summed E-state index contributed by atoms with van der Waals surface area (Å²) >= 11 is 0.